The standard InChI is InChI=1S/C18H23NO6S.Na/c1-19-6-5-18-14-9-3-4-12(24-2)16(14)25-17(18)11(20)8-13(26(21,22)23)15(18)10(19)7-9;/h3-4,10-11,13,15,17,20H,5-8H2,1-2H3,(H,21,22,23);/q;+1/p-1/t10-,11+,13?,15-,17+,18-;/m1./s1. The van der Waals surface area contributed by atoms with E-state index in [0.29, 0.717) is 24.3 Å². The maximum absolute atomic E-state index is 12.1. The second-order valence-electron chi connectivity index (χ2n) is 8.07. The van der Waals surface area contributed by atoms with Crippen LogP contribution in [0.1, 0.15) is 24.0 Å². The Bertz CT molecular complexity index is 892. The fraction of sp³-hybridized carbons (Fsp3) is 0.667. The summed E-state index contributed by atoms with van der Waals surface area (Å²) in [6.45, 7) is 0.773. The van der Waals surface area contributed by atoms with E-state index < -0.39 is 33.0 Å². The SMILES string of the molecule is COc1ccc2c3c1O[C@H]1[C@@H](O)CC(S(=O)(=O)[O-])[C@H]4[C@@H](C2)N(C)CC[C@]314.[Na+]. The number of methoxy groups -OCH3 is 1. The van der Waals surface area contributed by atoms with Gasteiger partial charge < -0.3 is 24.0 Å². The van der Waals surface area contributed by atoms with Crippen molar-refractivity contribution in [2.24, 2.45) is 5.92 Å². The molecule has 1 N–H and O–H groups in total. The number of likely N-dealkylation sites (N-methyl/N-ethyl adjacent to an activating group) is 1. The van der Waals surface area contributed by atoms with Crippen LogP contribution in [0.5, 0.6) is 11.5 Å². The molecule has 1 saturated carbocycles. The fourth-order valence-corrected chi connectivity index (χ4v) is 7.40. The molecule has 1 aromatic carbocycles. The Morgan fingerprint density at radius 3 is 2.81 bits per heavy atom. The number of likely N-dealkylation sites (tertiary alicyclic amines) is 1. The Labute approximate surface area is 181 Å². The third-order valence-electron chi connectivity index (χ3n) is 7.12. The third kappa shape index (κ3) is 2.44. The molecule has 2 heterocycles. The number of aliphatic hydroxyl groups excluding tert-OH is 1. The van der Waals surface area contributed by atoms with Crippen LogP contribution in [0.25, 0.3) is 0 Å². The van der Waals surface area contributed by atoms with Crippen LogP contribution in [0.4, 0.5) is 0 Å². The first-order valence-corrected chi connectivity index (χ1v) is 10.5. The van der Waals surface area contributed by atoms with Gasteiger partial charge in [0.25, 0.3) is 0 Å². The van der Waals surface area contributed by atoms with E-state index in [0.717, 1.165) is 17.7 Å². The Morgan fingerprint density at radius 2 is 2.15 bits per heavy atom. The van der Waals surface area contributed by atoms with Crippen molar-refractivity contribution in [3.05, 3.63) is 23.3 Å². The van der Waals surface area contributed by atoms with E-state index in [1.807, 2.05) is 19.2 Å². The van der Waals surface area contributed by atoms with E-state index >= 15 is 0 Å². The van der Waals surface area contributed by atoms with Crippen molar-refractivity contribution in [3.63, 3.8) is 0 Å². The first-order chi connectivity index (χ1) is 12.3. The predicted molar refractivity (Wildman–Crippen MR) is 91.4 cm³/mol. The molecule has 2 fully saturated rings. The molecule has 2 bridgehead atoms. The van der Waals surface area contributed by atoms with Crippen LogP contribution in [-0.4, -0.2) is 67.2 Å². The van der Waals surface area contributed by atoms with E-state index in [1.165, 1.54) is 0 Å². The summed E-state index contributed by atoms with van der Waals surface area (Å²) >= 11 is 0. The molecule has 4 aliphatic rings. The van der Waals surface area contributed by atoms with E-state index in [9.17, 15) is 18.1 Å². The Balaban J connectivity index is 0.00000180. The molecule has 142 valence electrons. The van der Waals surface area contributed by atoms with Crippen LogP contribution in [0, 0.1) is 5.92 Å². The minimum absolute atomic E-state index is 0. The number of rotatable bonds is 2. The first kappa shape index (κ1) is 19.9. The van der Waals surface area contributed by atoms with Crippen LogP contribution < -0.4 is 39.0 Å². The molecule has 0 amide bonds. The molecule has 2 aliphatic heterocycles. The second kappa shape index (κ2) is 6.32. The van der Waals surface area contributed by atoms with E-state index in [-0.39, 0.29) is 47.9 Å². The Hall–Kier alpha value is -0.350. The maximum atomic E-state index is 12.1. The number of ether oxygens (including phenoxy) is 2. The summed E-state index contributed by atoms with van der Waals surface area (Å²) in [4.78, 5) is 2.16. The predicted octanol–water partition coefficient (Wildman–Crippen LogP) is -2.75. The molecule has 27 heavy (non-hydrogen) atoms. The minimum Gasteiger partial charge on any atom is -0.748 e. The molecule has 1 saturated heterocycles. The van der Waals surface area contributed by atoms with Gasteiger partial charge in [0.05, 0.1) is 28.6 Å². The van der Waals surface area contributed by atoms with E-state index in [4.69, 9.17) is 9.47 Å². The van der Waals surface area contributed by atoms with Gasteiger partial charge in [0.2, 0.25) is 0 Å². The van der Waals surface area contributed by atoms with Crippen molar-refractivity contribution < 1.29 is 57.1 Å². The molecule has 6 atom stereocenters. The van der Waals surface area contributed by atoms with Crippen molar-refractivity contribution in [3.8, 4) is 11.5 Å². The van der Waals surface area contributed by atoms with Gasteiger partial charge in [-0.15, -0.1) is 0 Å². The Morgan fingerprint density at radius 1 is 1.41 bits per heavy atom. The number of aliphatic hydroxyl groups is 1. The van der Waals surface area contributed by atoms with Crippen LogP contribution in [0.3, 0.4) is 0 Å². The molecule has 9 heteroatoms. The molecule has 7 nitrogen and oxygen atoms in total. The van der Waals surface area contributed by atoms with E-state index in [1.54, 1.807) is 7.11 Å². The van der Waals surface area contributed by atoms with Gasteiger partial charge in [-0.2, -0.15) is 0 Å². The largest absolute Gasteiger partial charge is 1.00 e. The van der Waals surface area contributed by atoms with Gasteiger partial charge in [-0.1, -0.05) is 6.07 Å². The number of benzene rings is 1. The third-order valence-corrected chi connectivity index (χ3v) is 8.35. The van der Waals surface area contributed by atoms with Gasteiger partial charge >= 0.3 is 29.6 Å². The number of nitrogens with zero attached hydrogens (tertiary/aromatic N) is 1. The summed E-state index contributed by atoms with van der Waals surface area (Å²) in [5.41, 5.74) is 1.42. The summed E-state index contributed by atoms with van der Waals surface area (Å²) < 4.78 is 48.1. The molecule has 2 aliphatic carbocycles. The molecule has 1 spiro atoms. The van der Waals surface area contributed by atoms with Gasteiger partial charge in [-0.25, -0.2) is 8.42 Å². The fourth-order valence-electron chi connectivity index (χ4n) is 6.19. The number of piperidine rings is 1. The summed E-state index contributed by atoms with van der Waals surface area (Å²) in [6, 6.07) is 3.82. The molecule has 1 aromatic rings. The monoisotopic (exact) mass is 403 g/mol. The van der Waals surface area contributed by atoms with Crippen molar-refractivity contribution in [1.82, 2.24) is 4.90 Å². The van der Waals surface area contributed by atoms with Gasteiger partial charge in [-0.3, -0.25) is 0 Å². The van der Waals surface area contributed by atoms with Crippen molar-refractivity contribution in [2.45, 2.75) is 48.2 Å². The maximum Gasteiger partial charge on any atom is 1.00 e. The number of hydrogen-bond donors (Lipinski definition) is 1. The quantitative estimate of drug-likeness (QED) is 0.422. The topological polar surface area (TPSA) is 99.1 Å². The molecule has 0 radical (unpaired) electrons. The van der Waals surface area contributed by atoms with Gasteiger partial charge in [0.15, 0.2) is 11.5 Å². The van der Waals surface area contributed by atoms with Gasteiger partial charge in [0.1, 0.15) is 6.10 Å². The molecule has 0 aromatic heterocycles. The Kier molecular flexibility index (Phi) is 4.67. The van der Waals surface area contributed by atoms with Crippen LogP contribution in [0.2, 0.25) is 0 Å². The van der Waals surface area contributed by atoms with Crippen LogP contribution in [0.15, 0.2) is 12.1 Å². The molecular weight excluding hydrogens is 381 g/mol. The van der Waals surface area contributed by atoms with Crippen molar-refractivity contribution in [1.29, 1.82) is 0 Å². The molecular formula is C18H22NNaO6S. The van der Waals surface area contributed by atoms with E-state index in [2.05, 4.69) is 4.90 Å². The summed E-state index contributed by atoms with van der Waals surface area (Å²) in [5, 5.41) is 9.67. The van der Waals surface area contributed by atoms with Crippen molar-refractivity contribution in [2.75, 3.05) is 20.7 Å². The van der Waals surface area contributed by atoms with Crippen molar-refractivity contribution >= 4 is 10.1 Å². The van der Waals surface area contributed by atoms with Crippen LogP contribution >= 0.6 is 0 Å². The number of hydrogen-bond acceptors (Lipinski definition) is 7. The normalized spacial score (nSPS) is 39.2. The molecule has 5 rings (SSSR count). The van der Waals surface area contributed by atoms with Gasteiger partial charge in [-0.05, 0) is 44.5 Å². The summed E-state index contributed by atoms with van der Waals surface area (Å²) in [7, 11) is -0.989. The van der Waals surface area contributed by atoms with Gasteiger partial charge in [0, 0.05) is 22.9 Å². The first-order valence-electron chi connectivity index (χ1n) is 8.99. The second-order valence-corrected chi connectivity index (χ2v) is 9.66. The summed E-state index contributed by atoms with van der Waals surface area (Å²) in [5.74, 6) is 0.835. The molecule has 1 unspecified atom stereocenters. The minimum atomic E-state index is -4.54. The van der Waals surface area contributed by atoms with Crippen LogP contribution in [-0.2, 0) is 22.0 Å². The average molecular weight is 403 g/mol. The zero-order valence-electron chi connectivity index (χ0n) is 15.7. The zero-order chi connectivity index (χ0) is 18.4. The average Bonchev–Trinajstić information content (AvgIpc) is 2.93. The zero-order valence-corrected chi connectivity index (χ0v) is 18.5. The summed E-state index contributed by atoms with van der Waals surface area (Å²) in [6.07, 6.45) is -0.267. The smallest absolute Gasteiger partial charge is 0.748 e.